The lowest BCUT2D eigenvalue weighted by Crippen LogP contribution is -2.49. The molecule has 1 aliphatic rings. The molecule has 0 N–H and O–H groups in total. The van der Waals surface area contributed by atoms with Gasteiger partial charge in [-0.15, -0.1) is 0 Å². The van der Waals surface area contributed by atoms with E-state index in [4.69, 9.17) is 23.9 Å². The summed E-state index contributed by atoms with van der Waals surface area (Å²) in [6, 6.07) is 19.1. The summed E-state index contributed by atoms with van der Waals surface area (Å²) < 4.78 is 23.9. The number of methoxy groups -OCH3 is 1. The van der Waals surface area contributed by atoms with Crippen LogP contribution in [0.2, 0.25) is 18.1 Å². The van der Waals surface area contributed by atoms with Crippen LogP contribution in [0.25, 0.3) is 0 Å². The van der Waals surface area contributed by atoms with E-state index in [1.165, 1.54) is 7.11 Å². The zero-order valence-corrected chi connectivity index (χ0v) is 22.1. The number of aliphatic imine (C=N–C) groups is 1. The number of rotatable bonds is 10. The van der Waals surface area contributed by atoms with Gasteiger partial charge in [0.25, 0.3) is 0 Å². The van der Waals surface area contributed by atoms with Gasteiger partial charge in [-0.25, -0.2) is 9.79 Å². The molecule has 1 aliphatic heterocycles. The molecule has 34 heavy (non-hydrogen) atoms. The maximum Gasteiger partial charge on any atom is 0.334 e. The lowest BCUT2D eigenvalue weighted by molar-refractivity contribution is -0.148. The summed E-state index contributed by atoms with van der Waals surface area (Å²) >= 11 is 0. The molecule has 0 saturated carbocycles. The second-order valence-corrected chi connectivity index (χ2v) is 15.4. The standard InChI is InChI=1S/C27H37NO5Si/c1-27(2,3)34(5,6)26-28-23(25(29)30-4)24(33-26)22(32-18-21-15-11-8-12-16-21)19-31-17-20-13-9-7-10-14-20/h7-16,22-24H,17-19H2,1-6H3/t22-,23+,24+/m1/s1. The molecular formula is C27H37NO5Si. The van der Waals surface area contributed by atoms with E-state index in [1.54, 1.807) is 0 Å². The average Bonchev–Trinajstić information content (AvgIpc) is 3.27. The molecule has 0 aromatic heterocycles. The molecule has 2 aromatic carbocycles. The Hall–Kier alpha value is -2.48. The molecule has 3 atom stereocenters. The molecule has 0 spiro atoms. The molecule has 0 saturated heterocycles. The van der Waals surface area contributed by atoms with Crippen molar-refractivity contribution in [2.45, 2.75) is 70.4 Å². The average molecular weight is 484 g/mol. The summed E-state index contributed by atoms with van der Waals surface area (Å²) in [5.41, 5.74) is 2.78. The van der Waals surface area contributed by atoms with E-state index in [9.17, 15) is 4.79 Å². The van der Waals surface area contributed by atoms with Crippen molar-refractivity contribution in [3.63, 3.8) is 0 Å². The van der Waals surface area contributed by atoms with Crippen molar-refractivity contribution in [2.75, 3.05) is 13.7 Å². The molecule has 0 unspecified atom stereocenters. The Morgan fingerprint density at radius 3 is 2.09 bits per heavy atom. The third-order valence-corrected chi connectivity index (χ3v) is 11.8. The van der Waals surface area contributed by atoms with Crippen LogP contribution in [0.5, 0.6) is 0 Å². The van der Waals surface area contributed by atoms with E-state index in [2.05, 4.69) is 33.9 Å². The first-order valence-corrected chi connectivity index (χ1v) is 14.7. The van der Waals surface area contributed by atoms with Gasteiger partial charge in [0.2, 0.25) is 0 Å². The Morgan fingerprint density at radius 1 is 1.00 bits per heavy atom. The van der Waals surface area contributed by atoms with Gasteiger partial charge in [-0.05, 0) is 16.2 Å². The van der Waals surface area contributed by atoms with Crippen molar-refractivity contribution >= 4 is 19.6 Å². The van der Waals surface area contributed by atoms with Gasteiger partial charge in [0, 0.05) is 0 Å². The van der Waals surface area contributed by atoms with Crippen LogP contribution < -0.4 is 0 Å². The van der Waals surface area contributed by atoms with Gasteiger partial charge in [0.05, 0.1) is 26.9 Å². The van der Waals surface area contributed by atoms with Gasteiger partial charge in [0.1, 0.15) is 6.10 Å². The zero-order chi connectivity index (χ0) is 24.8. The van der Waals surface area contributed by atoms with E-state index in [0.29, 0.717) is 18.7 Å². The SMILES string of the molecule is COC(=O)[C@H]1N=C([Si](C)(C)C(C)(C)C)O[C@H]1[C@@H](COCc1ccccc1)OCc1ccccc1. The van der Waals surface area contributed by atoms with E-state index in [0.717, 1.165) is 11.1 Å². The topological polar surface area (TPSA) is 66.4 Å². The molecule has 0 radical (unpaired) electrons. The smallest absolute Gasteiger partial charge is 0.334 e. The van der Waals surface area contributed by atoms with Crippen LogP contribution in [0, 0.1) is 0 Å². The highest BCUT2D eigenvalue weighted by Gasteiger charge is 2.51. The summed E-state index contributed by atoms with van der Waals surface area (Å²) in [4.78, 5) is 17.5. The van der Waals surface area contributed by atoms with Crippen LogP contribution in [0.1, 0.15) is 31.9 Å². The predicted octanol–water partition coefficient (Wildman–Crippen LogP) is 5.18. The fourth-order valence-electron chi connectivity index (χ4n) is 3.52. The summed E-state index contributed by atoms with van der Waals surface area (Å²) in [5, 5.41) is 0.00555. The van der Waals surface area contributed by atoms with Gasteiger partial charge in [-0.3, -0.25) is 0 Å². The highest BCUT2D eigenvalue weighted by atomic mass is 28.3. The zero-order valence-electron chi connectivity index (χ0n) is 21.1. The molecular weight excluding hydrogens is 446 g/mol. The minimum Gasteiger partial charge on any atom is -0.477 e. The number of nitrogens with zero attached hydrogens (tertiary/aromatic N) is 1. The second-order valence-electron chi connectivity index (χ2n) is 10.2. The Balaban J connectivity index is 1.81. The van der Waals surface area contributed by atoms with Gasteiger partial charge in [-0.1, -0.05) is 94.5 Å². The molecule has 0 amide bonds. The van der Waals surface area contributed by atoms with Crippen molar-refractivity contribution in [2.24, 2.45) is 4.99 Å². The molecule has 0 bridgehead atoms. The van der Waals surface area contributed by atoms with Crippen LogP contribution in [0.3, 0.4) is 0 Å². The Bertz CT molecular complexity index is 956. The van der Waals surface area contributed by atoms with Crippen molar-refractivity contribution < 1.29 is 23.7 Å². The molecule has 0 aliphatic carbocycles. The summed E-state index contributed by atoms with van der Waals surface area (Å²) in [7, 11) is -0.727. The van der Waals surface area contributed by atoms with Crippen molar-refractivity contribution in [1.29, 1.82) is 0 Å². The maximum atomic E-state index is 12.7. The lowest BCUT2D eigenvalue weighted by Gasteiger charge is -2.36. The number of carbonyl (C=O) groups is 1. The fourth-order valence-corrected chi connectivity index (χ4v) is 5.06. The van der Waals surface area contributed by atoms with E-state index < -0.39 is 32.3 Å². The van der Waals surface area contributed by atoms with Crippen LogP contribution in [0.4, 0.5) is 0 Å². The monoisotopic (exact) mass is 483 g/mol. The van der Waals surface area contributed by atoms with Crippen LogP contribution >= 0.6 is 0 Å². The number of hydrogen-bond donors (Lipinski definition) is 0. The number of esters is 1. The van der Waals surface area contributed by atoms with E-state index in [1.807, 2.05) is 60.7 Å². The lowest BCUT2D eigenvalue weighted by atomic mass is 10.1. The van der Waals surface area contributed by atoms with Gasteiger partial charge in [-0.2, -0.15) is 0 Å². The second kappa shape index (κ2) is 11.3. The molecule has 7 heteroatoms. The minimum absolute atomic E-state index is 0.00555. The van der Waals surface area contributed by atoms with Crippen molar-refractivity contribution in [1.82, 2.24) is 0 Å². The summed E-state index contributed by atoms with van der Waals surface area (Å²) in [6.45, 7) is 12.1. The highest BCUT2D eigenvalue weighted by molar-refractivity contribution is 7.06. The fraction of sp³-hybridized carbons (Fsp3) is 0.481. The molecule has 0 fully saturated rings. The normalized spacial score (nSPS) is 19.3. The number of hydrogen-bond acceptors (Lipinski definition) is 6. The number of benzene rings is 2. The van der Waals surface area contributed by atoms with Gasteiger partial charge in [0.15, 0.2) is 25.7 Å². The minimum atomic E-state index is -2.11. The third kappa shape index (κ3) is 6.34. The van der Waals surface area contributed by atoms with Crippen LogP contribution in [-0.4, -0.2) is 51.5 Å². The quantitative estimate of drug-likeness (QED) is 0.344. The van der Waals surface area contributed by atoms with Crippen molar-refractivity contribution in [3.05, 3.63) is 71.8 Å². The van der Waals surface area contributed by atoms with E-state index >= 15 is 0 Å². The molecule has 184 valence electrons. The first-order valence-electron chi connectivity index (χ1n) is 11.7. The molecule has 3 rings (SSSR count). The Kier molecular flexibility index (Phi) is 8.68. The first-order chi connectivity index (χ1) is 16.1. The van der Waals surface area contributed by atoms with Crippen LogP contribution in [-0.2, 0) is 37.0 Å². The largest absolute Gasteiger partial charge is 0.477 e. The predicted molar refractivity (Wildman–Crippen MR) is 136 cm³/mol. The van der Waals surface area contributed by atoms with Crippen LogP contribution in [0.15, 0.2) is 65.7 Å². The molecule has 6 nitrogen and oxygen atoms in total. The summed E-state index contributed by atoms with van der Waals surface area (Å²) in [6.07, 6.45) is -1.12. The van der Waals surface area contributed by atoms with Gasteiger partial charge < -0.3 is 18.9 Å². The Morgan fingerprint density at radius 2 is 1.56 bits per heavy atom. The van der Waals surface area contributed by atoms with Gasteiger partial charge >= 0.3 is 5.97 Å². The number of carbonyl (C=O) groups excluding carboxylic acids is 1. The Labute approximate surface area is 204 Å². The molecule has 1 heterocycles. The van der Waals surface area contributed by atoms with E-state index in [-0.39, 0.29) is 11.6 Å². The maximum absolute atomic E-state index is 12.7. The molecule has 2 aromatic rings. The highest BCUT2D eigenvalue weighted by Crippen LogP contribution is 2.39. The van der Waals surface area contributed by atoms with Crippen molar-refractivity contribution in [3.8, 4) is 0 Å². The first kappa shape index (κ1) is 26.1. The number of ether oxygens (including phenoxy) is 4. The summed E-state index contributed by atoms with van der Waals surface area (Å²) in [5.74, 6) is -0.421. The third-order valence-electron chi connectivity index (χ3n) is 6.73.